The molecule has 0 amide bonds. The second-order valence-corrected chi connectivity index (χ2v) is 2.49. The van der Waals surface area contributed by atoms with E-state index in [0.717, 1.165) is 6.42 Å². The van der Waals surface area contributed by atoms with Gasteiger partial charge in [-0.05, 0) is 12.8 Å². The molecule has 59 valence electrons. The summed E-state index contributed by atoms with van der Waals surface area (Å²) < 4.78 is 0. The van der Waals surface area contributed by atoms with Crippen molar-refractivity contribution in [2.75, 3.05) is 6.61 Å². The first-order valence-corrected chi connectivity index (χ1v) is 4.15. The maximum Gasteiger partial charge on any atom is 0.100 e. The van der Waals surface area contributed by atoms with Gasteiger partial charge in [0.1, 0.15) is 6.61 Å². The fourth-order valence-corrected chi connectivity index (χ4v) is 0.875. The summed E-state index contributed by atoms with van der Waals surface area (Å²) in [6.45, 7) is 2.14. The van der Waals surface area contributed by atoms with Crippen LogP contribution < -0.4 is 0 Å². The molecule has 0 fully saturated rings. The SMILES string of the molecule is CCCCCC/C=C/C[O]. The Kier molecular flexibility index (Phi) is 8.44. The predicted molar refractivity (Wildman–Crippen MR) is 43.5 cm³/mol. The molecular formula is C9H17O. The van der Waals surface area contributed by atoms with Crippen molar-refractivity contribution in [2.24, 2.45) is 0 Å². The molecule has 1 heteroatoms. The van der Waals surface area contributed by atoms with Gasteiger partial charge in [-0.3, -0.25) is 0 Å². The zero-order valence-corrected chi connectivity index (χ0v) is 6.81. The van der Waals surface area contributed by atoms with Gasteiger partial charge in [-0.25, -0.2) is 5.11 Å². The van der Waals surface area contributed by atoms with Crippen molar-refractivity contribution >= 4 is 0 Å². The van der Waals surface area contributed by atoms with Gasteiger partial charge in [0.05, 0.1) is 0 Å². The Morgan fingerprint density at radius 2 is 1.90 bits per heavy atom. The Morgan fingerprint density at radius 3 is 2.50 bits per heavy atom. The number of hydrogen-bond acceptors (Lipinski definition) is 0. The maximum absolute atomic E-state index is 9.93. The Morgan fingerprint density at radius 1 is 1.10 bits per heavy atom. The summed E-state index contributed by atoms with van der Waals surface area (Å²) >= 11 is 0. The average molecular weight is 141 g/mol. The Balaban J connectivity index is 2.83. The molecule has 0 spiro atoms. The summed E-state index contributed by atoms with van der Waals surface area (Å²) in [5.74, 6) is 0. The Bertz CT molecular complexity index is 76.8. The highest BCUT2D eigenvalue weighted by Gasteiger charge is 1.83. The molecule has 0 aliphatic carbocycles. The van der Waals surface area contributed by atoms with Crippen molar-refractivity contribution < 1.29 is 5.11 Å². The van der Waals surface area contributed by atoms with Gasteiger partial charge in [-0.2, -0.15) is 0 Å². The van der Waals surface area contributed by atoms with Crippen LogP contribution in [-0.4, -0.2) is 6.61 Å². The van der Waals surface area contributed by atoms with Crippen LogP contribution in [0.3, 0.4) is 0 Å². The van der Waals surface area contributed by atoms with Crippen molar-refractivity contribution in [1.82, 2.24) is 0 Å². The van der Waals surface area contributed by atoms with Crippen LogP contribution in [0.5, 0.6) is 0 Å². The number of allylic oxidation sites excluding steroid dienone is 1. The zero-order chi connectivity index (χ0) is 7.66. The normalized spacial score (nSPS) is 11.0. The largest absolute Gasteiger partial charge is 0.232 e. The fraction of sp³-hybridized carbons (Fsp3) is 0.778. The molecule has 0 aromatic carbocycles. The summed E-state index contributed by atoms with van der Waals surface area (Å²) in [7, 11) is 0. The van der Waals surface area contributed by atoms with E-state index < -0.39 is 0 Å². The minimum absolute atomic E-state index is 0.0617. The molecule has 1 radical (unpaired) electrons. The molecule has 0 saturated heterocycles. The van der Waals surface area contributed by atoms with E-state index in [2.05, 4.69) is 6.92 Å². The third kappa shape index (κ3) is 7.70. The predicted octanol–water partition coefficient (Wildman–Crippen LogP) is 2.94. The van der Waals surface area contributed by atoms with E-state index >= 15 is 0 Å². The molecule has 0 aromatic heterocycles. The molecule has 0 unspecified atom stereocenters. The minimum Gasteiger partial charge on any atom is -0.232 e. The topological polar surface area (TPSA) is 19.9 Å². The second-order valence-electron chi connectivity index (χ2n) is 2.49. The number of rotatable bonds is 6. The second kappa shape index (κ2) is 8.70. The highest BCUT2D eigenvalue weighted by atomic mass is 16.2. The van der Waals surface area contributed by atoms with Gasteiger partial charge in [0.15, 0.2) is 0 Å². The van der Waals surface area contributed by atoms with Crippen LogP contribution in [-0.2, 0) is 5.11 Å². The lowest BCUT2D eigenvalue weighted by Gasteiger charge is -1.92. The van der Waals surface area contributed by atoms with Crippen molar-refractivity contribution in [3.8, 4) is 0 Å². The minimum atomic E-state index is -0.0617. The summed E-state index contributed by atoms with van der Waals surface area (Å²) in [5, 5.41) is 9.93. The van der Waals surface area contributed by atoms with E-state index in [1.54, 1.807) is 6.08 Å². The van der Waals surface area contributed by atoms with E-state index in [1.807, 2.05) is 6.08 Å². The zero-order valence-electron chi connectivity index (χ0n) is 6.81. The van der Waals surface area contributed by atoms with Crippen molar-refractivity contribution in [3.63, 3.8) is 0 Å². The van der Waals surface area contributed by atoms with Gasteiger partial charge < -0.3 is 0 Å². The first-order valence-electron chi connectivity index (χ1n) is 4.15. The molecule has 0 rings (SSSR count). The number of hydrogen-bond donors (Lipinski definition) is 0. The highest BCUT2D eigenvalue weighted by Crippen LogP contribution is 2.02. The molecular weight excluding hydrogens is 124 g/mol. The van der Waals surface area contributed by atoms with Gasteiger partial charge >= 0.3 is 0 Å². The third-order valence-corrected chi connectivity index (χ3v) is 1.49. The molecule has 0 saturated carbocycles. The Hall–Kier alpha value is -0.300. The lowest BCUT2D eigenvalue weighted by Crippen LogP contribution is -1.74. The standard InChI is InChI=1S/C9H17O/c1-2-3-4-5-6-7-8-9-10/h7-8H,2-6,9H2,1H3/b8-7+. The third-order valence-electron chi connectivity index (χ3n) is 1.49. The first kappa shape index (κ1) is 9.70. The van der Waals surface area contributed by atoms with Crippen LogP contribution in [0.25, 0.3) is 0 Å². The van der Waals surface area contributed by atoms with Crippen molar-refractivity contribution in [1.29, 1.82) is 0 Å². The Labute approximate surface area is 63.8 Å². The summed E-state index contributed by atoms with van der Waals surface area (Å²) in [4.78, 5) is 0. The van der Waals surface area contributed by atoms with Crippen LogP contribution in [0.2, 0.25) is 0 Å². The molecule has 0 N–H and O–H groups in total. The van der Waals surface area contributed by atoms with E-state index in [4.69, 9.17) is 0 Å². The monoisotopic (exact) mass is 141 g/mol. The fourth-order valence-electron chi connectivity index (χ4n) is 0.875. The summed E-state index contributed by atoms with van der Waals surface area (Å²) in [6.07, 6.45) is 9.93. The van der Waals surface area contributed by atoms with E-state index in [1.165, 1.54) is 25.7 Å². The molecule has 1 nitrogen and oxygen atoms in total. The van der Waals surface area contributed by atoms with Crippen molar-refractivity contribution in [3.05, 3.63) is 12.2 Å². The van der Waals surface area contributed by atoms with E-state index in [-0.39, 0.29) is 6.61 Å². The van der Waals surface area contributed by atoms with E-state index in [0.29, 0.717) is 0 Å². The van der Waals surface area contributed by atoms with Crippen LogP contribution in [0.15, 0.2) is 12.2 Å². The molecule has 0 bridgehead atoms. The van der Waals surface area contributed by atoms with Crippen LogP contribution in [0.1, 0.15) is 39.0 Å². The lowest BCUT2D eigenvalue weighted by atomic mass is 10.1. The van der Waals surface area contributed by atoms with Gasteiger partial charge in [0.25, 0.3) is 0 Å². The van der Waals surface area contributed by atoms with Gasteiger partial charge in [-0.1, -0.05) is 38.3 Å². The maximum atomic E-state index is 9.93. The first-order chi connectivity index (χ1) is 4.91. The molecule has 10 heavy (non-hydrogen) atoms. The van der Waals surface area contributed by atoms with Crippen LogP contribution in [0, 0.1) is 0 Å². The van der Waals surface area contributed by atoms with Crippen LogP contribution >= 0.6 is 0 Å². The molecule has 0 heterocycles. The molecule has 0 aliphatic heterocycles. The summed E-state index contributed by atoms with van der Waals surface area (Å²) in [5.41, 5.74) is 0. The smallest absolute Gasteiger partial charge is 0.100 e. The van der Waals surface area contributed by atoms with Gasteiger partial charge in [0.2, 0.25) is 0 Å². The highest BCUT2D eigenvalue weighted by molar-refractivity contribution is 4.80. The molecule has 0 aromatic rings. The lowest BCUT2D eigenvalue weighted by molar-refractivity contribution is 0.232. The quantitative estimate of drug-likeness (QED) is 0.400. The van der Waals surface area contributed by atoms with Crippen molar-refractivity contribution in [2.45, 2.75) is 39.0 Å². The molecule has 0 atom stereocenters. The molecule has 0 aliphatic rings. The average Bonchev–Trinajstić information content (AvgIpc) is 1.97. The summed E-state index contributed by atoms with van der Waals surface area (Å²) in [6, 6.07) is 0. The van der Waals surface area contributed by atoms with Crippen LogP contribution in [0.4, 0.5) is 0 Å². The number of unbranched alkanes of at least 4 members (excludes halogenated alkanes) is 4. The van der Waals surface area contributed by atoms with E-state index in [9.17, 15) is 5.11 Å². The van der Waals surface area contributed by atoms with Gasteiger partial charge in [-0.15, -0.1) is 0 Å². The van der Waals surface area contributed by atoms with Gasteiger partial charge in [0, 0.05) is 0 Å².